The smallest absolute Gasteiger partial charge is 0.311 e. The molecule has 0 radical (unpaired) electrons. The minimum absolute atomic E-state index is 0.247. The van der Waals surface area contributed by atoms with E-state index in [1.807, 2.05) is 0 Å². The molecule has 0 fully saturated rings. The lowest BCUT2D eigenvalue weighted by Gasteiger charge is -2.31. The number of nitriles is 1. The Hall–Kier alpha value is -1.90. The maximum Gasteiger partial charge on any atom is 0.393 e. The Morgan fingerprint density at radius 3 is 2.16 bits per heavy atom. The van der Waals surface area contributed by atoms with Gasteiger partial charge in [0.2, 0.25) is 0 Å². The topological polar surface area (TPSA) is 52.9 Å². The van der Waals surface area contributed by atoms with Crippen molar-refractivity contribution >= 4 is 22.2 Å². The van der Waals surface area contributed by atoms with Crippen molar-refractivity contribution in [2.45, 2.75) is 44.5 Å². The molecule has 3 nitrogen and oxygen atoms in total. The Balaban J connectivity index is 3.26. The van der Waals surface area contributed by atoms with E-state index in [9.17, 15) is 39.9 Å². The van der Waals surface area contributed by atoms with Crippen LogP contribution in [0.5, 0.6) is 0 Å². The van der Waals surface area contributed by atoms with Gasteiger partial charge in [0.25, 0.3) is 0 Å². The van der Waals surface area contributed by atoms with E-state index in [0.717, 1.165) is 0 Å². The summed E-state index contributed by atoms with van der Waals surface area (Å²) in [6.07, 6.45) is -4.87. The van der Waals surface area contributed by atoms with Crippen LogP contribution in [0, 0.1) is 18.3 Å². The molecule has 140 valence electrons. The number of thiophene rings is 1. The number of amides is 1. The first kappa shape index (κ1) is 21.1. The fourth-order valence-corrected chi connectivity index (χ4v) is 2.97. The van der Waals surface area contributed by atoms with Gasteiger partial charge in [-0.15, -0.1) is 11.3 Å². The zero-order chi connectivity index (χ0) is 19.8. The van der Waals surface area contributed by atoms with Crippen molar-refractivity contribution in [1.82, 2.24) is 0 Å². The van der Waals surface area contributed by atoms with Gasteiger partial charge in [-0.1, -0.05) is 6.92 Å². The minimum Gasteiger partial charge on any atom is -0.311 e. The third kappa shape index (κ3) is 3.29. The van der Waals surface area contributed by atoms with E-state index in [4.69, 9.17) is 5.26 Å². The molecule has 0 atom stereocenters. The van der Waals surface area contributed by atoms with Crippen LogP contribution in [0.15, 0.2) is 0 Å². The largest absolute Gasteiger partial charge is 0.393 e. The number of nitrogens with zero attached hydrogens (tertiary/aromatic N) is 1. The standard InChI is InChI=1S/C13H10F8N2OS/c1-3-6-5(2)25-8(7(6)4-22)23-10(24)12(18,19)13(20,21)11(16,17)9(14)15/h9H,3H2,1-2H3,(H,23,24). The summed E-state index contributed by atoms with van der Waals surface area (Å²) in [6, 6.07) is 1.58. The molecule has 0 aliphatic rings. The first-order valence-electron chi connectivity index (χ1n) is 6.51. The van der Waals surface area contributed by atoms with Crippen molar-refractivity contribution < 1.29 is 39.9 Å². The van der Waals surface area contributed by atoms with Crippen LogP contribution in [0.2, 0.25) is 0 Å². The monoisotopic (exact) mass is 394 g/mol. The van der Waals surface area contributed by atoms with Gasteiger partial charge in [0.05, 0.1) is 5.56 Å². The van der Waals surface area contributed by atoms with Crippen LogP contribution in [0.25, 0.3) is 0 Å². The van der Waals surface area contributed by atoms with Crippen molar-refractivity contribution in [3.63, 3.8) is 0 Å². The zero-order valence-electron chi connectivity index (χ0n) is 12.6. The second kappa shape index (κ2) is 6.78. The maximum atomic E-state index is 13.5. The third-order valence-electron chi connectivity index (χ3n) is 3.27. The molecule has 0 spiro atoms. The molecule has 0 aromatic carbocycles. The molecular weight excluding hydrogens is 384 g/mol. The van der Waals surface area contributed by atoms with Gasteiger partial charge in [0.1, 0.15) is 11.1 Å². The summed E-state index contributed by atoms with van der Waals surface area (Å²) in [5.41, 5.74) is 0.0499. The Morgan fingerprint density at radius 1 is 1.24 bits per heavy atom. The number of halogens is 8. The number of carbonyl (C=O) groups is 1. The summed E-state index contributed by atoms with van der Waals surface area (Å²) in [5, 5.41) is 9.68. The highest BCUT2D eigenvalue weighted by atomic mass is 32.1. The van der Waals surface area contributed by atoms with Gasteiger partial charge in [-0.25, -0.2) is 8.78 Å². The van der Waals surface area contributed by atoms with E-state index < -0.39 is 35.1 Å². The zero-order valence-corrected chi connectivity index (χ0v) is 13.4. The number of hydrogen-bond acceptors (Lipinski definition) is 3. The van der Waals surface area contributed by atoms with Crippen LogP contribution in [0.3, 0.4) is 0 Å². The highest BCUT2D eigenvalue weighted by molar-refractivity contribution is 7.16. The van der Waals surface area contributed by atoms with Crippen molar-refractivity contribution in [2.24, 2.45) is 0 Å². The fraction of sp³-hybridized carbons (Fsp3) is 0.538. The molecule has 0 saturated heterocycles. The number of anilines is 1. The van der Waals surface area contributed by atoms with Crippen LogP contribution in [-0.4, -0.2) is 30.1 Å². The average molecular weight is 394 g/mol. The number of rotatable bonds is 6. The van der Waals surface area contributed by atoms with E-state index in [-0.39, 0.29) is 12.0 Å². The average Bonchev–Trinajstić information content (AvgIpc) is 2.80. The first-order chi connectivity index (χ1) is 11.3. The predicted molar refractivity (Wildman–Crippen MR) is 72.6 cm³/mol. The summed E-state index contributed by atoms with van der Waals surface area (Å²) in [7, 11) is 0. The molecular formula is C13H10F8N2OS. The van der Waals surface area contributed by atoms with Crippen molar-refractivity contribution in [1.29, 1.82) is 5.26 Å². The summed E-state index contributed by atoms with van der Waals surface area (Å²) >= 11 is 0.591. The van der Waals surface area contributed by atoms with E-state index in [2.05, 4.69) is 0 Å². The number of alkyl halides is 8. The molecule has 1 rings (SSSR count). The van der Waals surface area contributed by atoms with E-state index >= 15 is 0 Å². The van der Waals surface area contributed by atoms with Gasteiger partial charge in [-0.2, -0.15) is 31.6 Å². The number of nitrogens with one attached hydrogen (secondary N) is 1. The van der Waals surface area contributed by atoms with E-state index in [1.165, 1.54) is 12.2 Å². The van der Waals surface area contributed by atoms with Gasteiger partial charge < -0.3 is 5.32 Å². The van der Waals surface area contributed by atoms with Crippen LogP contribution in [-0.2, 0) is 11.2 Å². The van der Waals surface area contributed by atoms with Crippen molar-refractivity contribution in [2.75, 3.05) is 5.32 Å². The summed E-state index contributed by atoms with van der Waals surface area (Å²) in [6.45, 7) is 3.05. The Kier molecular flexibility index (Phi) is 5.73. The number of aryl methyl sites for hydroxylation is 1. The molecule has 0 bridgehead atoms. The predicted octanol–water partition coefficient (Wildman–Crippen LogP) is 4.60. The molecule has 25 heavy (non-hydrogen) atoms. The minimum atomic E-state index is -6.65. The summed E-state index contributed by atoms with van der Waals surface area (Å²) < 4.78 is 103. The molecule has 1 aromatic heterocycles. The Morgan fingerprint density at radius 2 is 1.76 bits per heavy atom. The van der Waals surface area contributed by atoms with Crippen LogP contribution >= 0.6 is 11.3 Å². The lowest BCUT2D eigenvalue weighted by Crippen LogP contribution is -2.61. The number of carbonyl (C=O) groups excluding carboxylic acids is 1. The van der Waals surface area contributed by atoms with Crippen molar-refractivity contribution in [3.05, 3.63) is 16.0 Å². The molecule has 1 amide bonds. The maximum absolute atomic E-state index is 13.5. The fourth-order valence-electron chi connectivity index (χ4n) is 1.88. The van der Waals surface area contributed by atoms with Crippen molar-refractivity contribution in [3.8, 4) is 6.07 Å². The van der Waals surface area contributed by atoms with Gasteiger partial charge in [0, 0.05) is 4.88 Å². The van der Waals surface area contributed by atoms with E-state index in [1.54, 1.807) is 13.0 Å². The van der Waals surface area contributed by atoms with Gasteiger partial charge >= 0.3 is 30.1 Å². The van der Waals surface area contributed by atoms with Crippen LogP contribution < -0.4 is 5.32 Å². The molecule has 1 aromatic rings. The normalized spacial score (nSPS) is 13.0. The second-order valence-corrected chi connectivity index (χ2v) is 6.06. The molecule has 1 N–H and O–H groups in total. The highest BCUT2D eigenvalue weighted by Gasteiger charge is 2.78. The van der Waals surface area contributed by atoms with Gasteiger partial charge in [0.15, 0.2) is 0 Å². The van der Waals surface area contributed by atoms with E-state index in [0.29, 0.717) is 21.8 Å². The Bertz CT molecular complexity index is 708. The molecule has 1 heterocycles. The number of hydrogen-bond donors (Lipinski definition) is 1. The van der Waals surface area contributed by atoms with Gasteiger partial charge in [-0.3, -0.25) is 4.79 Å². The Labute approximate surface area is 140 Å². The SMILES string of the molecule is CCc1c(C)sc(NC(=O)C(F)(F)C(F)(F)C(F)(F)C(F)F)c1C#N. The highest BCUT2D eigenvalue weighted by Crippen LogP contribution is 2.49. The second-order valence-electron chi connectivity index (χ2n) is 4.83. The third-order valence-corrected chi connectivity index (χ3v) is 4.34. The quantitative estimate of drug-likeness (QED) is 0.717. The van der Waals surface area contributed by atoms with Crippen LogP contribution in [0.1, 0.15) is 22.9 Å². The molecule has 12 heteroatoms. The van der Waals surface area contributed by atoms with Crippen LogP contribution in [0.4, 0.5) is 40.1 Å². The summed E-state index contributed by atoms with van der Waals surface area (Å²) in [5.74, 6) is -22.2. The molecule has 0 aliphatic heterocycles. The summed E-state index contributed by atoms with van der Waals surface area (Å²) in [4.78, 5) is 11.8. The molecule has 0 unspecified atom stereocenters. The first-order valence-corrected chi connectivity index (χ1v) is 7.32. The lowest BCUT2D eigenvalue weighted by atomic mass is 10.0. The molecule has 0 aliphatic carbocycles. The molecule has 0 saturated carbocycles. The van der Waals surface area contributed by atoms with Gasteiger partial charge in [-0.05, 0) is 18.9 Å². The lowest BCUT2D eigenvalue weighted by molar-refractivity contribution is -0.326.